The highest BCUT2D eigenvalue weighted by Crippen LogP contribution is 2.30. The molecule has 5 nitrogen and oxygen atoms in total. The largest absolute Gasteiger partial charge is 0.416 e. The number of amides is 1. The molecule has 1 heterocycles. The van der Waals surface area contributed by atoms with E-state index in [1.54, 1.807) is 0 Å². The number of rotatable bonds is 8. The number of hydrogen-bond donors (Lipinski definition) is 1. The molecule has 0 aliphatic carbocycles. The average molecular weight is 386 g/mol. The molecule has 1 aromatic carbocycles. The number of alkyl halides is 3. The Balaban J connectivity index is 1.96. The van der Waals surface area contributed by atoms with Gasteiger partial charge in [0, 0.05) is 18.7 Å². The summed E-state index contributed by atoms with van der Waals surface area (Å²) in [6, 6.07) is 4.57. The summed E-state index contributed by atoms with van der Waals surface area (Å²) < 4.78 is 40.1. The summed E-state index contributed by atoms with van der Waals surface area (Å²) in [6.45, 7) is 4.77. The van der Waals surface area contributed by atoms with Gasteiger partial charge in [-0.05, 0) is 31.5 Å². The second-order valence-corrected chi connectivity index (χ2v) is 6.60. The van der Waals surface area contributed by atoms with Crippen molar-refractivity contribution in [3.8, 4) is 0 Å². The molecule has 26 heavy (non-hydrogen) atoms. The minimum absolute atomic E-state index is 0.0438. The summed E-state index contributed by atoms with van der Waals surface area (Å²) in [5.74, 6) is 0.535. The van der Waals surface area contributed by atoms with Crippen LogP contribution < -0.4 is 5.32 Å². The summed E-state index contributed by atoms with van der Waals surface area (Å²) in [4.78, 5) is 12.1. The van der Waals surface area contributed by atoms with Crippen LogP contribution in [0.4, 0.5) is 18.9 Å². The normalized spacial score (nSPS) is 11.6. The van der Waals surface area contributed by atoms with Crippen LogP contribution >= 0.6 is 11.8 Å². The minimum atomic E-state index is -4.44. The predicted octanol–water partition coefficient (Wildman–Crippen LogP) is 4.39. The molecule has 0 spiro atoms. The molecule has 2 rings (SSSR count). The van der Waals surface area contributed by atoms with E-state index >= 15 is 0 Å². The predicted molar refractivity (Wildman–Crippen MR) is 95.1 cm³/mol. The van der Waals surface area contributed by atoms with Gasteiger partial charge in [-0.15, -0.1) is 10.2 Å². The van der Waals surface area contributed by atoms with Crippen molar-refractivity contribution in [1.29, 1.82) is 0 Å². The van der Waals surface area contributed by atoms with Crippen molar-refractivity contribution in [3.05, 3.63) is 35.7 Å². The third-order valence-electron chi connectivity index (χ3n) is 3.67. The Hall–Kier alpha value is -2.03. The van der Waals surface area contributed by atoms with Crippen LogP contribution in [-0.4, -0.2) is 26.4 Å². The molecule has 9 heteroatoms. The summed E-state index contributed by atoms with van der Waals surface area (Å²) in [5.41, 5.74) is -0.680. The first-order valence-electron chi connectivity index (χ1n) is 8.37. The van der Waals surface area contributed by atoms with Gasteiger partial charge in [0.2, 0.25) is 5.91 Å². The third kappa shape index (κ3) is 5.48. The van der Waals surface area contributed by atoms with Gasteiger partial charge < -0.3 is 9.88 Å². The van der Waals surface area contributed by atoms with Gasteiger partial charge in [0.25, 0.3) is 0 Å². The fourth-order valence-electron chi connectivity index (χ4n) is 2.36. The van der Waals surface area contributed by atoms with Gasteiger partial charge in [0.05, 0.1) is 11.3 Å². The fraction of sp³-hybridized carbons (Fsp3) is 0.471. The Kier molecular flexibility index (Phi) is 7.07. The summed E-state index contributed by atoms with van der Waals surface area (Å²) >= 11 is 1.22. The van der Waals surface area contributed by atoms with E-state index in [1.165, 1.54) is 23.9 Å². The smallest absolute Gasteiger partial charge is 0.325 e. The maximum atomic E-state index is 12.7. The Morgan fingerprint density at radius 3 is 2.69 bits per heavy atom. The zero-order valence-corrected chi connectivity index (χ0v) is 15.5. The number of carbonyl (C=O) groups excluding carboxylic acids is 1. The van der Waals surface area contributed by atoms with E-state index in [4.69, 9.17) is 0 Å². The summed E-state index contributed by atoms with van der Waals surface area (Å²) in [5, 5.41) is 11.4. The van der Waals surface area contributed by atoms with E-state index < -0.39 is 17.6 Å². The van der Waals surface area contributed by atoms with Gasteiger partial charge in [0.1, 0.15) is 5.82 Å². The number of benzene rings is 1. The summed E-state index contributed by atoms with van der Waals surface area (Å²) in [6.07, 6.45) is -1.55. The van der Waals surface area contributed by atoms with Crippen LogP contribution in [0.5, 0.6) is 0 Å². The highest BCUT2D eigenvalue weighted by molar-refractivity contribution is 7.99. The van der Waals surface area contributed by atoms with Gasteiger partial charge in [0.15, 0.2) is 5.16 Å². The zero-order chi connectivity index (χ0) is 19.2. The first-order valence-corrected chi connectivity index (χ1v) is 9.35. The van der Waals surface area contributed by atoms with Gasteiger partial charge in [-0.1, -0.05) is 31.2 Å². The Bertz CT molecular complexity index is 746. The number of carbonyl (C=O) groups is 1. The number of aryl methyl sites for hydroxylation is 1. The van der Waals surface area contributed by atoms with Crippen LogP contribution in [-0.2, 0) is 23.9 Å². The van der Waals surface area contributed by atoms with Crippen molar-refractivity contribution in [3.63, 3.8) is 0 Å². The topological polar surface area (TPSA) is 59.8 Å². The lowest BCUT2D eigenvalue weighted by Crippen LogP contribution is -2.15. The van der Waals surface area contributed by atoms with Crippen LogP contribution in [0, 0.1) is 0 Å². The average Bonchev–Trinajstić information content (AvgIpc) is 2.99. The van der Waals surface area contributed by atoms with Crippen LogP contribution in [0.1, 0.15) is 38.1 Å². The van der Waals surface area contributed by atoms with Gasteiger partial charge in [-0.25, -0.2) is 0 Å². The Labute approximate surface area is 154 Å². The molecular formula is C17H21F3N4OS. The van der Waals surface area contributed by atoms with E-state index in [9.17, 15) is 18.0 Å². The number of aromatic nitrogens is 3. The highest BCUT2D eigenvalue weighted by Gasteiger charge is 2.30. The van der Waals surface area contributed by atoms with Gasteiger partial charge >= 0.3 is 6.18 Å². The van der Waals surface area contributed by atoms with Crippen molar-refractivity contribution < 1.29 is 18.0 Å². The molecule has 0 fully saturated rings. The lowest BCUT2D eigenvalue weighted by molar-refractivity contribution is -0.137. The van der Waals surface area contributed by atoms with E-state index in [0.29, 0.717) is 11.7 Å². The van der Waals surface area contributed by atoms with E-state index in [-0.39, 0.29) is 11.4 Å². The lowest BCUT2D eigenvalue weighted by Gasteiger charge is -2.10. The number of hydrogen-bond acceptors (Lipinski definition) is 4. The van der Waals surface area contributed by atoms with Crippen molar-refractivity contribution in [2.24, 2.45) is 0 Å². The standard InChI is InChI=1S/C17H21F3N4OS/c1-3-5-9-14-22-23-16(24(14)4-2)26-11-15(25)21-13-8-6-7-12(10-13)17(18,19)20/h6-8,10H,3-5,9,11H2,1-2H3,(H,21,25). The second kappa shape index (κ2) is 9.07. The molecule has 1 amide bonds. The van der Waals surface area contributed by atoms with Gasteiger partial charge in [-0.3, -0.25) is 4.79 Å². The van der Waals surface area contributed by atoms with E-state index in [1.807, 2.05) is 11.5 Å². The molecule has 1 aromatic heterocycles. The molecule has 0 aliphatic rings. The molecule has 0 aliphatic heterocycles. The molecule has 0 atom stereocenters. The lowest BCUT2D eigenvalue weighted by atomic mass is 10.2. The maximum Gasteiger partial charge on any atom is 0.416 e. The SMILES string of the molecule is CCCCc1nnc(SCC(=O)Nc2cccc(C(F)(F)F)c2)n1CC. The number of anilines is 1. The van der Waals surface area contributed by atoms with Crippen molar-refractivity contribution in [2.75, 3.05) is 11.1 Å². The maximum absolute atomic E-state index is 12.7. The molecule has 0 saturated carbocycles. The van der Waals surface area contributed by atoms with Crippen LogP contribution in [0.25, 0.3) is 0 Å². The van der Waals surface area contributed by atoms with Crippen molar-refractivity contribution in [2.45, 2.75) is 51.0 Å². The monoisotopic (exact) mass is 386 g/mol. The minimum Gasteiger partial charge on any atom is -0.325 e. The molecule has 0 saturated heterocycles. The molecule has 0 unspecified atom stereocenters. The van der Waals surface area contributed by atoms with Crippen LogP contribution in [0.15, 0.2) is 29.4 Å². The number of thioether (sulfide) groups is 1. The van der Waals surface area contributed by atoms with E-state index in [0.717, 1.165) is 37.2 Å². The number of halogens is 3. The van der Waals surface area contributed by atoms with Crippen molar-refractivity contribution in [1.82, 2.24) is 14.8 Å². The quantitative estimate of drug-likeness (QED) is 0.684. The fourth-order valence-corrected chi connectivity index (χ4v) is 3.18. The Morgan fingerprint density at radius 2 is 2.04 bits per heavy atom. The van der Waals surface area contributed by atoms with Crippen LogP contribution in [0.3, 0.4) is 0 Å². The Morgan fingerprint density at radius 1 is 1.27 bits per heavy atom. The highest BCUT2D eigenvalue weighted by atomic mass is 32.2. The number of unbranched alkanes of at least 4 members (excludes halogenated alkanes) is 1. The van der Waals surface area contributed by atoms with E-state index in [2.05, 4.69) is 22.4 Å². The number of nitrogens with zero attached hydrogens (tertiary/aromatic N) is 3. The third-order valence-corrected chi connectivity index (χ3v) is 4.64. The van der Waals surface area contributed by atoms with Crippen molar-refractivity contribution >= 4 is 23.4 Å². The molecule has 1 N–H and O–H groups in total. The molecular weight excluding hydrogens is 365 g/mol. The first-order chi connectivity index (χ1) is 12.3. The van der Waals surface area contributed by atoms with Crippen LogP contribution in [0.2, 0.25) is 0 Å². The summed E-state index contributed by atoms with van der Waals surface area (Å²) in [7, 11) is 0. The second-order valence-electron chi connectivity index (χ2n) is 5.66. The zero-order valence-electron chi connectivity index (χ0n) is 14.6. The molecule has 0 bridgehead atoms. The number of nitrogens with one attached hydrogen (secondary N) is 1. The molecule has 0 radical (unpaired) electrons. The molecule has 142 valence electrons. The van der Waals surface area contributed by atoms with Gasteiger partial charge in [-0.2, -0.15) is 13.2 Å². The first kappa shape index (κ1) is 20.3. The molecule has 2 aromatic rings.